The van der Waals surface area contributed by atoms with Gasteiger partial charge in [-0.05, 0) is 31.5 Å². The molecule has 2 unspecified atom stereocenters. The second kappa shape index (κ2) is 4.22. The van der Waals surface area contributed by atoms with Crippen molar-refractivity contribution in [2.75, 3.05) is 6.54 Å². The topological polar surface area (TPSA) is 32.3 Å². The summed E-state index contributed by atoms with van der Waals surface area (Å²) >= 11 is 0. The lowest BCUT2D eigenvalue weighted by Gasteiger charge is -2.23. The molecule has 0 aliphatic carbocycles. The molecule has 2 heterocycles. The largest absolute Gasteiger partial charge is 0.345 e. The van der Waals surface area contributed by atoms with Crippen LogP contribution in [0.15, 0.2) is 22.9 Å². The molecule has 1 aliphatic heterocycles. The zero-order chi connectivity index (χ0) is 9.10. The lowest BCUT2D eigenvalue weighted by molar-refractivity contribution is 0.154. The summed E-state index contributed by atoms with van der Waals surface area (Å²) in [4.78, 5) is 0. The molecule has 2 nitrogen and oxygen atoms in total. The summed E-state index contributed by atoms with van der Waals surface area (Å²) in [7, 11) is -0.0377. The fraction of sp³-hybridized carbons (Fsp3) is 0.600. The quantitative estimate of drug-likeness (QED) is 0.713. The van der Waals surface area contributed by atoms with Gasteiger partial charge in [0.25, 0.3) is 5.44 Å². The molecule has 1 saturated heterocycles. The van der Waals surface area contributed by atoms with Crippen LogP contribution in [0.2, 0.25) is 0 Å². The molecule has 1 fully saturated rings. The fourth-order valence-corrected chi connectivity index (χ4v) is 3.36. The number of nitrogens with one attached hydrogen (secondary N) is 1. The smallest absolute Gasteiger partial charge is 0.251 e. The highest BCUT2D eigenvalue weighted by Crippen LogP contribution is 2.33. The lowest BCUT2D eigenvalue weighted by atomic mass is 10.1. The van der Waals surface area contributed by atoms with Gasteiger partial charge in [0.1, 0.15) is 10.8 Å². The summed E-state index contributed by atoms with van der Waals surface area (Å²) in [6.07, 6.45) is 3.62. The Labute approximate surface area is 81.6 Å². The van der Waals surface area contributed by atoms with E-state index in [0.29, 0.717) is 6.04 Å². The number of piperidine rings is 1. The predicted octanol–water partition coefficient (Wildman–Crippen LogP) is 2.07. The van der Waals surface area contributed by atoms with E-state index in [4.69, 9.17) is 0 Å². The van der Waals surface area contributed by atoms with Crippen molar-refractivity contribution in [3.8, 4) is 0 Å². The minimum Gasteiger partial charge on any atom is -0.345 e. The number of hydrogen-bond donors (Lipinski definition) is 2. The van der Waals surface area contributed by atoms with Crippen LogP contribution in [0.25, 0.3) is 0 Å². The van der Waals surface area contributed by atoms with Crippen LogP contribution in [0.3, 0.4) is 0 Å². The van der Waals surface area contributed by atoms with E-state index in [2.05, 4.69) is 16.1 Å². The van der Waals surface area contributed by atoms with Gasteiger partial charge in [-0.3, -0.25) is 0 Å². The van der Waals surface area contributed by atoms with Crippen LogP contribution in [0.1, 0.15) is 24.7 Å². The molecule has 0 radical (unpaired) electrons. The highest BCUT2D eigenvalue weighted by molar-refractivity contribution is 7.28. The second-order valence-electron chi connectivity index (χ2n) is 3.51. The first kappa shape index (κ1) is 9.19. The molecule has 0 saturated carbocycles. The van der Waals surface area contributed by atoms with Crippen LogP contribution in [-0.2, 0) is 0 Å². The summed E-state index contributed by atoms with van der Waals surface area (Å²) in [5, 5.41) is 17.6. The van der Waals surface area contributed by atoms with Crippen LogP contribution in [-0.4, -0.2) is 17.7 Å². The van der Waals surface area contributed by atoms with E-state index in [1.165, 1.54) is 12.8 Å². The van der Waals surface area contributed by atoms with Gasteiger partial charge in [-0.25, -0.2) is 0 Å². The summed E-state index contributed by atoms with van der Waals surface area (Å²) < 4.78 is 0. The second-order valence-corrected chi connectivity index (χ2v) is 5.36. The number of rotatable bonds is 2. The Morgan fingerprint density at radius 3 is 2.69 bits per heavy atom. The normalized spacial score (nSPS) is 25.8. The van der Waals surface area contributed by atoms with Gasteiger partial charge in [0.2, 0.25) is 0 Å². The van der Waals surface area contributed by atoms with Crippen molar-refractivity contribution in [2.45, 2.75) is 30.7 Å². The van der Waals surface area contributed by atoms with E-state index in [1.807, 2.05) is 12.1 Å². The van der Waals surface area contributed by atoms with Crippen LogP contribution in [0.4, 0.5) is 0 Å². The Hall–Kier alpha value is -0.380. The summed E-state index contributed by atoms with van der Waals surface area (Å²) in [5.41, 5.74) is -0.213. The molecule has 2 atom stereocenters. The van der Waals surface area contributed by atoms with E-state index in [0.717, 1.165) is 13.0 Å². The molecule has 1 aromatic rings. The van der Waals surface area contributed by atoms with Gasteiger partial charge < -0.3 is 10.4 Å². The third kappa shape index (κ3) is 2.10. The van der Waals surface area contributed by atoms with Gasteiger partial charge in [0.15, 0.2) is 0 Å². The van der Waals surface area contributed by atoms with Crippen molar-refractivity contribution in [2.24, 2.45) is 0 Å². The van der Waals surface area contributed by atoms with E-state index in [-0.39, 0.29) is 15.9 Å². The fourth-order valence-electron chi connectivity index (χ4n) is 1.79. The molecule has 2 rings (SSSR count). The monoisotopic (exact) mass is 198 g/mol. The predicted molar refractivity (Wildman–Crippen MR) is 55.8 cm³/mol. The van der Waals surface area contributed by atoms with Gasteiger partial charge in [0.05, 0.1) is 6.04 Å². The molecule has 0 spiro atoms. The van der Waals surface area contributed by atoms with E-state index >= 15 is 0 Å². The lowest BCUT2D eigenvalue weighted by Crippen LogP contribution is -2.37. The van der Waals surface area contributed by atoms with Crippen molar-refractivity contribution >= 4 is 10.5 Å². The van der Waals surface area contributed by atoms with E-state index in [1.54, 1.807) is 0 Å². The minimum atomic E-state index is -0.213. The van der Waals surface area contributed by atoms with E-state index < -0.39 is 0 Å². The molecular formula is C10H16NOS+. The molecule has 2 N–H and O–H groups in total. The van der Waals surface area contributed by atoms with Crippen molar-refractivity contribution < 1.29 is 5.11 Å². The van der Waals surface area contributed by atoms with Crippen LogP contribution in [0.5, 0.6) is 0 Å². The van der Waals surface area contributed by atoms with Gasteiger partial charge in [0, 0.05) is 10.5 Å². The average molecular weight is 198 g/mol. The third-order valence-electron chi connectivity index (χ3n) is 2.55. The van der Waals surface area contributed by atoms with Crippen LogP contribution < -0.4 is 5.32 Å². The number of thiophene rings is 1. The number of hydrogen-bond acceptors (Lipinski definition) is 2. The highest BCUT2D eigenvalue weighted by Gasteiger charge is 2.28. The summed E-state index contributed by atoms with van der Waals surface area (Å²) in [6.45, 7) is 1.06. The number of aliphatic hydroxyl groups excluding tert-OH is 1. The van der Waals surface area contributed by atoms with Gasteiger partial charge in [-0.2, -0.15) is 0 Å². The molecule has 1 aromatic heterocycles. The first-order chi connectivity index (χ1) is 6.38. The molecule has 13 heavy (non-hydrogen) atoms. The van der Waals surface area contributed by atoms with Crippen molar-refractivity contribution in [1.29, 1.82) is 0 Å². The molecule has 0 bridgehead atoms. The highest BCUT2D eigenvalue weighted by atomic mass is 32.2. The zero-order valence-corrected chi connectivity index (χ0v) is 8.46. The molecule has 72 valence electrons. The summed E-state index contributed by atoms with van der Waals surface area (Å²) in [5.74, 6) is 0. The SMILES string of the molecule is OC(C1CCCCN1)[s+]1cccc1. The first-order valence-corrected chi connectivity index (χ1v) is 6.26. The first-order valence-electron chi connectivity index (χ1n) is 4.85. The standard InChI is InChI=1S/C10H16NOS/c12-10(13-7-3-4-8-13)9-5-1-2-6-11-9/h3-4,7-12H,1-2,5-6H2/q+1. The van der Waals surface area contributed by atoms with E-state index in [9.17, 15) is 5.11 Å². The van der Waals surface area contributed by atoms with Crippen LogP contribution >= 0.6 is 10.5 Å². The minimum absolute atomic E-state index is 0.0377. The maximum Gasteiger partial charge on any atom is 0.251 e. The Balaban J connectivity index is 1.99. The summed E-state index contributed by atoms with van der Waals surface area (Å²) in [6, 6.07) is 4.36. The average Bonchev–Trinajstić information content (AvgIpc) is 2.71. The molecule has 0 aromatic carbocycles. The Morgan fingerprint density at radius 2 is 2.08 bits per heavy atom. The Kier molecular flexibility index (Phi) is 2.98. The van der Waals surface area contributed by atoms with Gasteiger partial charge >= 0.3 is 0 Å². The van der Waals surface area contributed by atoms with Crippen molar-refractivity contribution in [3.63, 3.8) is 0 Å². The van der Waals surface area contributed by atoms with Crippen LogP contribution in [0, 0.1) is 0 Å². The van der Waals surface area contributed by atoms with Gasteiger partial charge in [-0.1, -0.05) is 6.42 Å². The Morgan fingerprint density at radius 1 is 1.31 bits per heavy atom. The third-order valence-corrected chi connectivity index (χ3v) is 4.38. The maximum absolute atomic E-state index is 10.0. The molecule has 3 heteroatoms. The van der Waals surface area contributed by atoms with Crippen molar-refractivity contribution in [3.05, 3.63) is 22.9 Å². The Bertz CT molecular complexity index is 241. The number of aliphatic hydroxyl groups is 1. The van der Waals surface area contributed by atoms with Crippen molar-refractivity contribution in [1.82, 2.24) is 5.32 Å². The molecule has 0 amide bonds. The maximum atomic E-state index is 10.0. The molecule has 1 aliphatic rings. The molecular weight excluding hydrogens is 182 g/mol. The zero-order valence-electron chi connectivity index (χ0n) is 7.65. The van der Waals surface area contributed by atoms with Gasteiger partial charge in [-0.15, -0.1) is 0 Å².